The predicted octanol–water partition coefficient (Wildman–Crippen LogP) is 5.48. The third-order valence-electron chi connectivity index (χ3n) is 6.09. The Morgan fingerprint density at radius 1 is 1.00 bits per heavy atom. The molecule has 1 fully saturated rings. The number of para-hydroxylation sites is 1. The molecule has 0 spiro atoms. The second kappa shape index (κ2) is 10.7. The van der Waals surface area contributed by atoms with E-state index in [-0.39, 0.29) is 23.9 Å². The van der Waals surface area contributed by atoms with E-state index >= 15 is 0 Å². The van der Waals surface area contributed by atoms with Gasteiger partial charge in [0.1, 0.15) is 0 Å². The van der Waals surface area contributed by atoms with Gasteiger partial charge in [0, 0.05) is 30.7 Å². The van der Waals surface area contributed by atoms with Gasteiger partial charge in [-0.1, -0.05) is 59.7 Å². The van der Waals surface area contributed by atoms with Crippen LogP contribution in [0.4, 0.5) is 10.5 Å². The van der Waals surface area contributed by atoms with Crippen LogP contribution in [0, 0.1) is 5.92 Å². The van der Waals surface area contributed by atoms with E-state index in [1.165, 1.54) is 0 Å². The maximum absolute atomic E-state index is 12.7. The molecule has 5 heteroatoms. The molecule has 0 aromatic heterocycles. The third kappa shape index (κ3) is 5.97. The van der Waals surface area contributed by atoms with Crippen LogP contribution in [0.25, 0.3) is 0 Å². The molecule has 29 heavy (non-hydrogen) atoms. The minimum atomic E-state index is -0.148. The fourth-order valence-corrected chi connectivity index (χ4v) is 4.17. The smallest absolute Gasteiger partial charge is 0.319 e. The zero-order valence-electron chi connectivity index (χ0n) is 19.0. The number of carbonyl (C=O) groups excluding carboxylic acids is 2. The Morgan fingerprint density at radius 2 is 1.52 bits per heavy atom. The van der Waals surface area contributed by atoms with Gasteiger partial charge in [-0.25, -0.2) is 4.79 Å². The summed E-state index contributed by atoms with van der Waals surface area (Å²) in [6.45, 7) is 14.2. The van der Waals surface area contributed by atoms with Gasteiger partial charge in [-0.15, -0.1) is 0 Å². The number of benzene rings is 1. The van der Waals surface area contributed by atoms with E-state index in [0.29, 0.717) is 11.8 Å². The van der Waals surface area contributed by atoms with Gasteiger partial charge in [-0.3, -0.25) is 4.79 Å². The molecule has 1 aromatic carbocycles. The molecule has 1 saturated heterocycles. The highest BCUT2D eigenvalue weighted by molar-refractivity contribution is 5.91. The molecule has 1 heterocycles. The first-order valence-electron chi connectivity index (χ1n) is 11.3. The summed E-state index contributed by atoms with van der Waals surface area (Å²) in [6.07, 6.45) is 3.40. The van der Waals surface area contributed by atoms with Gasteiger partial charge in [-0.2, -0.15) is 0 Å². The fourth-order valence-electron chi connectivity index (χ4n) is 4.17. The van der Waals surface area contributed by atoms with Crippen LogP contribution in [0.3, 0.4) is 0 Å². The first-order valence-corrected chi connectivity index (χ1v) is 11.3. The number of carbonyl (C=O) groups is 2. The molecule has 0 saturated carbocycles. The van der Waals surface area contributed by atoms with Gasteiger partial charge in [0.25, 0.3) is 0 Å². The molecule has 2 rings (SSSR count). The molecular weight excluding hydrogens is 362 g/mol. The summed E-state index contributed by atoms with van der Waals surface area (Å²) in [5.41, 5.74) is 3.27. The normalized spacial score (nSPS) is 15.3. The average molecular weight is 402 g/mol. The molecule has 1 aliphatic rings. The topological polar surface area (TPSA) is 61.4 Å². The fraction of sp³-hybridized carbons (Fsp3) is 0.667. The van der Waals surface area contributed by atoms with Crippen molar-refractivity contribution >= 4 is 17.6 Å². The van der Waals surface area contributed by atoms with Gasteiger partial charge in [-0.05, 0) is 48.6 Å². The van der Waals surface area contributed by atoms with Crippen molar-refractivity contribution in [2.75, 3.05) is 18.4 Å². The van der Waals surface area contributed by atoms with Crippen LogP contribution in [0.15, 0.2) is 18.2 Å². The molecule has 1 aromatic rings. The number of piperidine rings is 1. The zero-order valence-corrected chi connectivity index (χ0v) is 19.0. The van der Waals surface area contributed by atoms with Crippen molar-refractivity contribution in [3.05, 3.63) is 29.3 Å². The largest absolute Gasteiger partial charge is 0.342 e. The molecule has 0 bridgehead atoms. The van der Waals surface area contributed by atoms with Crippen LogP contribution in [-0.4, -0.2) is 36.0 Å². The van der Waals surface area contributed by atoms with Gasteiger partial charge < -0.3 is 15.5 Å². The van der Waals surface area contributed by atoms with E-state index in [2.05, 4.69) is 70.4 Å². The Morgan fingerprint density at radius 3 is 1.97 bits per heavy atom. The number of nitrogens with one attached hydrogen (secondary N) is 2. The van der Waals surface area contributed by atoms with Crippen LogP contribution in [0.5, 0.6) is 0 Å². The van der Waals surface area contributed by atoms with E-state index in [4.69, 9.17) is 0 Å². The molecule has 5 nitrogen and oxygen atoms in total. The molecule has 3 amide bonds. The monoisotopic (exact) mass is 401 g/mol. The second-order valence-electron chi connectivity index (χ2n) is 8.83. The van der Waals surface area contributed by atoms with Crippen molar-refractivity contribution in [3.8, 4) is 0 Å². The van der Waals surface area contributed by atoms with Crippen LogP contribution in [0.2, 0.25) is 0 Å². The molecule has 1 aliphatic heterocycles. The first-order chi connectivity index (χ1) is 13.8. The SMILES string of the molecule is CCC(CC)C(=O)N1CCC(NC(=O)Nc2c(C(C)C)cccc2C(C)C)CC1. The number of anilines is 1. The zero-order chi connectivity index (χ0) is 21.6. The molecule has 0 unspecified atom stereocenters. The van der Waals surface area contributed by atoms with Crippen LogP contribution in [0.1, 0.15) is 90.2 Å². The van der Waals surface area contributed by atoms with E-state index in [1.54, 1.807) is 0 Å². The highest BCUT2D eigenvalue weighted by atomic mass is 16.2. The summed E-state index contributed by atoms with van der Waals surface area (Å²) in [6, 6.07) is 6.21. The van der Waals surface area contributed by atoms with Crippen molar-refractivity contribution in [3.63, 3.8) is 0 Å². The number of nitrogens with zero attached hydrogens (tertiary/aromatic N) is 1. The number of hydrogen-bond acceptors (Lipinski definition) is 2. The maximum atomic E-state index is 12.7. The lowest BCUT2D eigenvalue weighted by Crippen LogP contribution is -2.48. The van der Waals surface area contributed by atoms with Gasteiger partial charge in [0.2, 0.25) is 5.91 Å². The lowest BCUT2D eigenvalue weighted by molar-refractivity contribution is -0.136. The lowest BCUT2D eigenvalue weighted by Gasteiger charge is -2.34. The molecule has 162 valence electrons. The van der Waals surface area contributed by atoms with Gasteiger partial charge in [0.15, 0.2) is 0 Å². The number of urea groups is 1. The highest BCUT2D eigenvalue weighted by Crippen LogP contribution is 2.32. The van der Waals surface area contributed by atoms with Crippen LogP contribution < -0.4 is 10.6 Å². The Bertz CT molecular complexity index is 661. The standard InChI is InChI=1S/C24H39N3O2/c1-7-18(8-2)23(28)27-14-12-19(13-15-27)25-24(29)26-22-20(16(3)4)10-9-11-21(22)17(5)6/h9-11,16-19H,7-8,12-15H2,1-6H3,(H2,25,26,29). The molecular formula is C24H39N3O2. The third-order valence-corrected chi connectivity index (χ3v) is 6.09. The van der Waals surface area contributed by atoms with E-state index in [0.717, 1.165) is 55.6 Å². The Balaban J connectivity index is 1.97. The quantitative estimate of drug-likeness (QED) is 0.635. The van der Waals surface area contributed by atoms with Crippen molar-refractivity contribution in [2.45, 2.75) is 85.1 Å². The van der Waals surface area contributed by atoms with Crippen molar-refractivity contribution in [1.82, 2.24) is 10.2 Å². The summed E-state index contributed by atoms with van der Waals surface area (Å²) in [4.78, 5) is 27.3. The average Bonchev–Trinajstić information content (AvgIpc) is 2.69. The maximum Gasteiger partial charge on any atom is 0.319 e. The summed E-state index contributed by atoms with van der Waals surface area (Å²) in [5.74, 6) is 1.07. The van der Waals surface area contributed by atoms with Gasteiger partial charge >= 0.3 is 6.03 Å². The number of likely N-dealkylation sites (tertiary alicyclic amines) is 1. The Hall–Kier alpha value is -2.04. The highest BCUT2D eigenvalue weighted by Gasteiger charge is 2.27. The van der Waals surface area contributed by atoms with Crippen molar-refractivity contribution in [2.24, 2.45) is 5.92 Å². The van der Waals surface area contributed by atoms with Crippen molar-refractivity contribution in [1.29, 1.82) is 0 Å². The predicted molar refractivity (Wildman–Crippen MR) is 120 cm³/mol. The van der Waals surface area contributed by atoms with Crippen molar-refractivity contribution < 1.29 is 9.59 Å². The van der Waals surface area contributed by atoms with E-state index in [1.807, 2.05) is 4.90 Å². The summed E-state index contributed by atoms with van der Waals surface area (Å²) < 4.78 is 0. The van der Waals surface area contributed by atoms with Crippen LogP contribution >= 0.6 is 0 Å². The minimum absolute atomic E-state index is 0.106. The van der Waals surface area contributed by atoms with Crippen LogP contribution in [-0.2, 0) is 4.79 Å². The Labute approximate surface area is 176 Å². The first kappa shape index (κ1) is 23.2. The molecule has 0 atom stereocenters. The van der Waals surface area contributed by atoms with E-state index in [9.17, 15) is 9.59 Å². The Kier molecular flexibility index (Phi) is 8.54. The summed E-state index contributed by atoms with van der Waals surface area (Å²) >= 11 is 0. The number of amides is 3. The summed E-state index contributed by atoms with van der Waals surface area (Å²) in [5, 5.41) is 6.26. The lowest BCUT2D eigenvalue weighted by atomic mass is 9.93. The number of hydrogen-bond donors (Lipinski definition) is 2. The summed E-state index contributed by atoms with van der Waals surface area (Å²) in [7, 11) is 0. The van der Waals surface area contributed by atoms with E-state index < -0.39 is 0 Å². The minimum Gasteiger partial charge on any atom is -0.342 e. The molecule has 0 radical (unpaired) electrons. The second-order valence-corrected chi connectivity index (χ2v) is 8.83. The van der Waals surface area contributed by atoms with Gasteiger partial charge in [0.05, 0.1) is 0 Å². The number of rotatable bonds is 7. The molecule has 0 aliphatic carbocycles. The molecule has 2 N–H and O–H groups in total.